The summed E-state index contributed by atoms with van der Waals surface area (Å²) in [5.74, 6) is 0.385. The zero-order chi connectivity index (χ0) is 18.0. The average molecular weight is 343 g/mol. The number of anilines is 1. The van der Waals surface area contributed by atoms with Crippen LogP contribution in [0.4, 0.5) is 5.69 Å². The molecule has 2 aliphatic rings. The molecular weight excluding hydrogens is 314 g/mol. The largest absolute Gasteiger partial charge is 0.326 e. The van der Waals surface area contributed by atoms with Crippen LogP contribution in [0.5, 0.6) is 0 Å². The molecule has 1 saturated carbocycles. The molecule has 2 fully saturated rings. The Morgan fingerprint density at radius 1 is 1.16 bits per heavy atom. The molecule has 1 aliphatic carbocycles. The van der Waals surface area contributed by atoms with E-state index in [9.17, 15) is 9.59 Å². The molecule has 1 aromatic carbocycles. The Bertz CT molecular complexity index is 633. The van der Waals surface area contributed by atoms with Crippen LogP contribution in [0.15, 0.2) is 24.3 Å². The van der Waals surface area contributed by atoms with E-state index in [0.717, 1.165) is 31.4 Å². The van der Waals surface area contributed by atoms with Crippen LogP contribution in [-0.4, -0.2) is 17.9 Å². The molecule has 0 radical (unpaired) electrons. The highest BCUT2D eigenvalue weighted by Crippen LogP contribution is 2.35. The Balaban J connectivity index is 1.59. The lowest BCUT2D eigenvalue weighted by molar-refractivity contribution is -0.134. The second kappa shape index (κ2) is 7.16. The topological polar surface area (TPSA) is 70.2 Å². The second-order valence-electron chi connectivity index (χ2n) is 8.37. The van der Waals surface area contributed by atoms with Gasteiger partial charge < -0.3 is 5.32 Å². The molecule has 136 valence electrons. The number of nitrogens with one attached hydrogen (secondary N) is 3. The lowest BCUT2D eigenvalue weighted by atomic mass is 9.73. The van der Waals surface area contributed by atoms with E-state index in [0.29, 0.717) is 6.42 Å². The minimum absolute atomic E-state index is 0.0110. The van der Waals surface area contributed by atoms with Gasteiger partial charge >= 0.3 is 0 Å². The molecule has 5 heteroatoms. The Hall–Kier alpha value is -1.88. The van der Waals surface area contributed by atoms with Crippen molar-refractivity contribution in [3.05, 3.63) is 29.8 Å². The summed E-state index contributed by atoms with van der Waals surface area (Å²) in [6.07, 6.45) is 4.58. The predicted molar refractivity (Wildman–Crippen MR) is 98.9 cm³/mol. The van der Waals surface area contributed by atoms with Crippen molar-refractivity contribution in [2.24, 2.45) is 11.8 Å². The van der Waals surface area contributed by atoms with E-state index < -0.39 is 0 Å². The lowest BCUT2D eigenvalue weighted by Crippen LogP contribution is -2.60. The highest BCUT2D eigenvalue weighted by atomic mass is 16.2. The summed E-state index contributed by atoms with van der Waals surface area (Å²) in [4.78, 5) is 24.4. The van der Waals surface area contributed by atoms with Crippen molar-refractivity contribution in [1.29, 1.82) is 0 Å². The first-order valence-corrected chi connectivity index (χ1v) is 9.30. The molecule has 5 nitrogen and oxygen atoms in total. The second-order valence-corrected chi connectivity index (χ2v) is 8.37. The average Bonchev–Trinajstić information content (AvgIpc) is 2.57. The summed E-state index contributed by atoms with van der Waals surface area (Å²) in [7, 11) is 0. The molecule has 25 heavy (non-hydrogen) atoms. The van der Waals surface area contributed by atoms with Crippen molar-refractivity contribution in [2.45, 2.75) is 64.3 Å². The van der Waals surface area contributed by atoms with Crippen molar-refractivity contribution in [1.82, 2.24) is 10.9 Å². The minimum atomic E-state index is -0.0125. The van der Waals surface area contributed by atoms with Crippen LogP contribution in [0, 0.1) is 11.8 Å². The predicted octanol–water partition coefficient (Wildman–Crippen LogP) is 3.12. The highest BCUT2D eigenvalue weighted by Gasteiger charge is 2.40. The molecule has 1 heterocycles. The maximum atomic E-state index is 12.5. The quantitative estimate of drug-likeness (QED) is 0.790. The molecule has 3 unspecified atom stereocenters. The fourth-order valence-corrected chi connectivity index (χ4v) is 4.00. The van der Waals surface area contributed by atoms with Gasteiger partial charge in [0.15, 0.2) is 0 Å². The number of hydrazine groups is 1. The number of rotatable bonds is 3. The summed E-state index contributed by atoms with van der Waals surface area (Å²) >= 11 is 0. The third-order valence-corrected chi connectivity index (χ3v) is 5.49. The van der Waals surface area contributed by atoms with E-state index in [1.165, 1.54) is 5.56 Å². The number of amides is 2. The Labute approximate surface area is 149 Å². The molecule has 0 aromatic heterocycles. The zero-order valence-electron chi connectivity index (χ0n) is 15.4. The van der Waals surface area contributed by atoms with Gasteiger partial charge in [-0.1, -0.05) is 45.7 Å². The Kier molecular flexibility index (Phi) is 5.13. The summed E-state index contributed by atoms with van der Waals surface area (Å²) in [5, 5.41) is 2.98. The molecule has 3 rings (SSSR count). The van der Waals surface area contributed by atoms with Gasteiger partial charge in [0, 0.05) is 24.1 Å². The van der Waals surface area contributed by atoms with Gasteiger partial charge in [-0.25, -0.2) is 5.43 Å². The van der Waals surface area contributed by atoms with Crippen LogP contribution in [0.3, 0.4) is 0 Å². The van der Waals surface area contributed by atoms with E-state index in [2.05, 4.69) is 49.1 Å². The van der Waals surface area contributed by atoms with Gasteiger partial charge in [0.2, 0.25) is 11.8 Å². The van der Waals surface area contributed by atoms with Gasteiger partial charge in [0.1, 0.15) is 0 Å². The van der Waals surface area contributed by atoms with E-state index in [1.807, 2.05) is 12.1 Å². The molecule has 1 aliphatic heterocycles. The van der Waals surface area contributed by atoms with Crippen LogP contribution in [0.1, 0.15) is 58.4 Å². The first kappa shape index (κ1) is 17.9. The highest BCUT2D eigenvalue weighted by molar-refractivity contribution is 5.91. The molecule has 3 atom stereocenters. The van der Waals surface area contributed by atoms with E-state index in [1.54, 1.807) is 0 Å². The van der Waals surface area contributed by atoms with Crippen molar-refractivity contribution in [3.8, 4) is 0 Å². The zero-order valence-corrected chi connectivity index (χ0v) is 15.4. The maximum absolute atomic E-state index is 12.5. The Morgan fingerprint density at radius 2 is 1.84 bits per heavy atom. The first-order chi connectivity index (χ1) is 11.8. The standard InChI is InChI=1S/C20H29N3O2/c1-20(2,3)13-8-10-14(11-9-13)21-18(24)12-17-15-6-4-5-7-16(15)19(25)23-22-17/h8-11,15-17,22H,4-7,12H2,1-3H3,(H,21,24)(H,23,25). The SMILES string of the molecule is CC(C)(C)c1ccc(NC(=O)CC2NNC(=O)C3CCCCC23)cc1. The first-order valence-electron chi connectivity index (χ1n) is 9.30. The smallest absolute Gasteiger partial charge is 0.237 e. The van der Waals surface area contributed by atoms with Crippen LogP contribution in [0.25, 0.3) is 0 Å². The van der Waals surface area contributed by atoms with Gasteiger partial charge in [0.05, 0.1) is 0 Å². The third-order valence-electron chi connectivity index (χ3n) is 5.49. The molecule has 2 amide bonds. The monoisotopic (exact) mass is 343 g/mol. The maximum Gasteiger partial charge on any atom is 0.237 e. The molecule has 0 spiro atoms. The number of carbonyl (C=O) groups is 2. The third kappa shape index (κ3) is 4.21. The summed E-state index contributed by atoms with van der Waals surface area (Å²) in [5.41, 5.74) is 7.97. The summed E-state index contributed by atoms with van der Waals surface area (Å²) in [6, 6.07) is 8.05. The van der Waals surface area contributed by atoms with Crippen molar-refractivity contribution >= 4 is 17.5 Å². The van der Waals surface area contributed by atoms with Crippen LogP contribution < -0.4 is 16.2 Å². The lowest BCUT2D eigenvalue weighted by Gasteiger charge is -2.40. The number of benzene rings is 1. The van der Waals surface area contributed by atoms with Crippen molar-refractivity contribution in [3.63, 3.8) is 0 Å². The van der Waals surface area contributed by atoms with E-state index >= 15 is 0 Å². The van der Waals surface area contributed by atoms with Crippen LogP contribution >= 0.6 is 0 Å². The van der Waals surface area contributed by atoms with Crippen molar-refractivity contribution in [2.75, 3.05) is 5.32 Å². The molecule has 1 aromatic rings. The van der Waals surface area contributed by atoms with E-state index in [4.69, 9.17) is 0 Å². The van der Waals surface area contributed by atoms with Crippen LogP contribution in [-0.2, 0) is 15.0 Å². The molecule has 3 N–H and O–H groups in total. The number of hydrogen-bond acceptors (Lipinski definition) is 3. The fourth-order valence-electron chi connectivity index (χ4n) is 4.00. The normalized spacial score (nSPS) is 26.5. The van der Waals surface area contributed by atoms with E-state index in [-0.39, 0.29) is 35.1 Å². The number of fused-ring (bicyclic) bond motifs is 1. The van der Waals surface area contributed by atoms with Crippen molar-refractivity contribution < 1.29 is 9.59 Å². The van der Waals surface area contributed by atoms with Gasteiger partial charge in [-0.05, 0) is 41.9 Å². The molecule has 0 bridgehead atoms. The Morgan fingerprint density at radius 3 is 2.52 bits per heavy atom. The van der Waals surface area contributed by atoms with Gasteiger partial charge in [-0.3, -0.25) is 15.0 Å². The minimum Gasteiger partial charge on any atom is -0.326 e. The molecular formula is C20H29N3O2. The van der Waals surface area contributed by atoms with Gasteiger partial charge in [-0.15, -0.1) is 0 Å². The number of carbonyl (C=O) groups excluding carboxylic acids is 2. The van der Waals surface area contributed by atoms with Gasteiger partial charge in [-0.2, -0.15) is 0 Å². The molecule has 1 saturated heterocycles. The number of hydrogen-bond donors (Lipinski definition) is 3. The van der Waals surface area contributed by atoms with Crippen LogP contribution in [0.2, 0.25) is 0 Å². The summed E-state index contributed by atoms with van der Waals surface area (Å²) < 4.78 is 0. The van der Waals surface area contributed by atoms with Gasteiger partial charge in [0.25, 0.3) is 0 Å². The summed E-state index contributed by atoms with van der Waals surface area (Å²) in [6.45, 7) is 6.51. The fraction of sp³-hybridized carbons (Fsp3) is 0.600.